The highest BCUT2D eigenvalue weighted by atomic mass is 16.3. The average Bonchev–Trinajstić information content (AvgIpc) is 3.91. The second-order valence-electron chi connectivity index (χ2n) is 13.5. The zero-order chi connectivity index (χ0) is 32.9. The Labute approximate surface area is 285 Å². The minimum absolute atomic E-state index is 0.816. The third kappa shape index (κ3) is 5.85. The van der Waals surface area contributed by atoms with Crippen LogP contribution in [0.5, 0.6) is 0 Å². The Bertz CT molecular complexity index is 2110. The maximum Gasteiger partial charge on any atom is 0.138 e. The quantitative estimate of drug-likeness (QED) is 0.197. The van der Waals surface area contributed by atoms with Crippen LogP contribution in [0.4, 0.5) is 11.4 Å². The molecule has 0 aliphatic carbocycles. The molecule has 0 bridgehead atoms. The lowest BCUT2D eigenvalue weighted by molar-refractivity contribution is 0.313. The van der Waals surface area contributed by atoms with E-state index in [0.717, 1.165) is 120 Å². The summed E-state index contributed by atoms with van der Waals surface area (Å²) in [5.74, 6) is 3.34. The molecular formula is C40H40N8O. The van der Waals surface area contributed by atoms with E-state index in [4.69, 9.17) is 14.4 Å². The highest BCUT2D eigenvalue weighted by molar-refractivity contribution is 5.85. The summed E-state index contributed by atoms with van der Waals surface area (Å²) in [5, 5.41) is 0. The maximum atomic E-state index is 6.46. The Hall–Kier alpha value is -5.38. The Morgan fingerprint density at radius 3 is 1.37 bits per heavy atom. The number of aromatic amines is 2. The molecule has 0 unspecified atom stereocenters. The van der Waals surface area contributed by atoms with E-state index in [1.165, 1.54) is 11.4 Å². The zero-order valence-corrected chi connectivity index (χ0v) is 28.0. The Balaban J connectivity index is 0.947. The van der Waals surface area contributed by atoms with Gasteiger partial charge in [0.15, 0.2) is 0 Å². The summed E-state index contributed by atoms with van der Waals surface area (Å²) in [5.41, 5.74) is 10.6. The Morgan fingerprint density at radius 1 is 0.490 bits per heavy atom. The van der Waals surface area contributed by atoms with Crippen molar-refractivity contribution < 1.29 is 4.42 Å². The van der Waals surface area contributed by atoms with E-state index in [-0.39, 0.29) is 0 Å². The number of rotatable bonds is 6. The standard InChI is InChI=1S/C40H40N8O/c1-45-15-19-47(20-16-45)31-9-11-33-35(25-31)43-39(41-33)29-7-3-5-27(23-29)37-13-14-38(49-37)28-6-4-8-30(24-28)40-42-34-12-10-32(26-36(34)44-40)48-21-17-46(2)18-22-48/h3-14,23-26H,15-22H2,1-2H3,(H,41,43)(H,42,44). The van der Waals surface area contributed by atoms with Gasteiger partial charge < -0.3 is 34.0 Å². The van der Waals surface area contributed by atoms with Gasteiger partial charge in [0, 0.05) is 86.0 Å². The summed E-state index contributed by atoms with van der Waals surface area (Å²) >= 11 is 0. The molecule has 2 N–H and O–H groups in total. The molecule has 3 aromatic heterocycles. The molecule has 9 heteroatoms. The lowest BCUT2D eigenvalue weighted by Gasteiger charge is -2.34. The molecule has 2 aliphatic heterocycles. The maximum absolute atomic E-state index is 6.46. The molecule has 0 spiro atoms. The van der Waals surface area contributed by atoms with Crippen molar-refractivity contribution in [2.45, 2.75) is 0 Å². The minimum Gasteiger partial charge on any atom is -0.456 e. The number of hydrogen-bond acceptors (Lipinski definition) is 7. The fraction of sp³-hybridized carbons (Fsp3) is 0.250. The van der Waals surface area contributed by atoms with Gasteiger partial charge >= 0.3 is 0 Å². The molecule has 0 radical (unpaired) electrons. The number of anilines is 2. The number of nitrogens with zero attached hydrogens (tertiary/aromatic N) is 6. The summed E-state index contributed by atoms with van der Waals surface area (Å²) in [6.45, 7) is 8.49. The van der Waals surface area contributed by atoms with Gasteiger partial charge in [-0.25, -0.2) is 9.97 Å². The van der Waals surface area contributed by atoms with Gasteiger partial charge in [-0.1, -0.05) is 36.4 Å². The van der Waals surface area contributed by atoms with Gasteiger partial charge in [0.05, 0.1) is 22.1 Å². The van der Waals surface area contributed by atoms with Crippen molar-refractivity contribution in [3.8, 4) is 45.4 Å². The van der Waals surface area contributed by atoms with Crippen LogP contribution in [0.15, 0.2) is 101 Å². The highest BCUT2D eigenvalue weighted by Gasteiger charge is 2.18. The van der Waals surface area contributed by atoms with Crippen LogP contribution in [-0.2, 0) is 0 Å². The SMILES string of the molecule is CN1CCN(c2ccc3nc(-c4cccc(-c5ccc(-c6cccc(-c7nc8ccc(N9CCN(C)CC9)cc8[nH]7)c6)o5)c4)[nH]c3c2)CC1. The van der Waals surface area contributed by atoms with Gasteiger partial charge in [0.1, 0.15) is 23.2 Å². The molecule has 246 valence electrons. The third-order valence-corrected chi connectivity index (χ3v) is 10.1. The predicted molar refractivity (Wildman–Crippen MR) is 199 cm³/mol. The molecular weight excluding hydrogens is 608 g/mol. The lowest BCUT2D eigenvalue weighted by Crippen LogP contribution is -2.44. The third-order valence-electron chi connectivity index (χ3n) is 10.1. The van der Waals surface area contributed by atoms with Crippen molar-refractivity contribution in [1.29, 1.82) is 0 Å². The first-order valence-electron chi connectivity index (χ1n) is 17.2. The monoisotopic (exact) mass is 648 g/mol. The van der Waals surface area contributed by atoms with Gasteiger partial charge in [-0.15, -0.1) is 0 Å². The summed E-state index contributed by atoms with van der Waals surface area (Å²) in [7, 11) is 4.37. The number of benzene rings is 4. The molecule has 7 aromatic rings. The first-order chi connectivity index (χ1) is 24.0. The normalized spacial score (nSPS) is 16.3. The second kappa shape index (κ2) is 12.3. The number of piperazine rings is 2. The molecule has 2 fully saturated rings. The predicted octanol–water partition coefficient (Wildman–Crippen LogP) is 7.20. The van der Waals surface area contributed by atoms with Crippen LogP contribution in [0.3, 0.4) is 0 Å². The molecule has 0 atom stereocenters. The van der Waals surface area contributed by atoms with Crippen molar-refractivity contribution in [2.75, 3.05) is 76.3 Å². The summed E-state index contributed by atoms with van der Waals surface area (Å²) < 4.78 is 6.46. The summed E-state index contributed by atoms with van der Waals surface area (Å²) in [6, 6.07) is 33.9. The van der Waals surface area contributed by atoms with E-state index < -0.39 is 0 Å². The molecule has 2 aliphatic rings. The van der Waals surface area contributed by atoms with Crippen LogP contribution in [0, 0.1) is 0 Å². The van der Waals surface area contributed by atoms with Crippen molar-refractivity contribution in [1.82, 2.24) is 29.7 Å². The fourth-order valence-corrected chi connectivity index (χ4v) is 7.08. The first-order valence-corrected chi connectivity index (χ1v) is 17.2. The number of imidazole rings is 2. The number of aromatic nitrogens is 4. The van der Waals surface area contributed by atoms with E-state index in [1.54, 1.807) is 0 Å². The van der Waals surface area contributed by atoms with E-state index in [0.29, 0.717) is 0 Å². The van der Waals surface area contributed by atoms with Crippen LogP contribution in [0.2, 0.25) is 0 Å². The van der Waals surface area contributed by atoms with Crippen LogP contribution < -0.4 is 9.80 Å². The molecule has 0 amide bonds. The first kappa shape index (κ1) is 29.7. The Kier molecular flexibility index (Phi) is 7.44. The zero-order valence-electron chi connectivity index (χ0n) is 28.0. The van der Waals surface area contributed by atoms with Gasteiger partial charge in [0.2, 0.25) is 0 Å². The second-order valence-corrected chi connectivity index (χ2v) is 13.5. The number of fused-ring (bicyclic) bond motifs is 2. The minimum atomic E-state index is 0.816. The van der Waals surface area contributed by atoms with Gasteiger partial charge in [-0.05, 0) is 74.8 Å². The topological polar surface area (TPSA) is 83.5 Å². The molecule has 49 heavy (non-hydrogen) atoms. The number of hydrogen-bond donors (Lipinski definition) is 2. The average molecular weight is 649 g/mol. The molecule has 9 rings (SSSR count). The molecule has 0 saturated carbocycles. The Morgan fingerprint density at radius 2 is 0.918 bits per heavy atom. The lowest BCUT2D eigenvalue weighted by atomic mass is 10.1. The summed E-state index contributed by atoms with van der Waals surface area (Å²) in [4.78, 5) is 26.7. The van der Waals surface area contributed by atoms with Crippen LogP contribution in [-0.4, -0.2) is 96.2 Å². The van der Waals surface area contributed by atoms with Crippen LogP contribution in [0.1, 0.15) is 0 Å². The van der Waals surface area contributed by atoms with E-state index in [1.807, 2.05) is 12.1 Å². The van der Waals surface area contributed by atoms with E-state index in [2.05, 4.69) is 129 Å². The van der Waals surface area contributed by atoms with E-state index in [9.17, 15) is 0 Å². The molecule has 2 saturated heterocycles. The highest BCUT2D eigenvalue weighted by Crippen LogP contribution is 2.34. The largest absolute Gasteiger partial charge is 0.456 e. The van der Waals surface area contributed by atoms with Crippen molar-refractivity contribution in [3.05, 3.63) is 97.1 Å². The number of furan rings is 1. The smallest absolute Gasteiger partial charge is 0.138 e. The molecule has 5 heterocycles. The summed E-state index contributed by atoms with van der Waals surface area (Å²) in [6.07, 6.45) is 0. The van der Waals surface area contributed by atoms with Crippen LogP contribution >= 0.6 is 0 Å². The molecule has 9 nitrogen and oxygen atoms in total. The van der Waals surface area contributed by atoms with Gasteiger partial charge in [-0.3, -0.25) is 0 Å². The molecule has 4 aromatic carbocycles. The van der Waals surface area contributed by atoms with Gasteiger partial charge in [0.25, 0.3) is 0 Å². The fourth-order valence-electron chi connectivity index (χ4n) is 7.08. The van der Waals surface area contributed by atoms with Gasteiger partial charge in [-0.2, -0.15) is 0 Å². The number of H-pyrrole nitrogens is 2. The van der Waals surface area contributed by atoms with Crippen molar-refractivity contribution in [3.63, 3.8) is 0 Å². The van der Waals surface area contributed by atoms with Crippen molar-refractivity contribution in [2.24, 2.45) is 0 Å². The number of likely N-dealkylation sites (N-methyl/N-ethyl adjacent to an activating group) is 2. The van der Waals surface area contributed by atoms with Crippen molar-refractivity contribution >= 4 is 33.4 Å². The number of nitrogens with one attached hydrogen (secondary N) is 2. The van der Waals surface area contributed by atoms with E-state index >= 15 is 0 Å². The van der Waals surface area contributed by atoms with Crippen LogP contribution in [0.25, 0.3) is 67.5 Å².